The predicted molar refractivity (Wildman–Crippen MR) is 99.4 cm³/mol. The van der Waals surface area contributed by atoms with Crippen molar-refractivity contribution < 1.29 is 19.1 Å². The molecule has 2 aromatic carbocycles. The molecule has 6 nitrogen and oxygen atoms in total. The Bertz CT molecular complexity index is 735. The van der Waals surface area contributed by atoms with Gasteiger partial charge in [0.15, 0.2) is 6.61 Å². The Labute approximate surface area is 157 Å². The fourth-order valence-electron chi connectivity index (χ4n) is 1.98. The third-order valence-electron chi connectivity index (χ3n) is 3.36. The van der Waals surface area contributed by atoms with E-state index in [1.165, 1.54) is 0 Å². The van der Waals surface area contributed by atoms with E-state index in [9.17, 15) is 9.59 Å². The summed E-state index contributed by atoms with van der Waals surface area (Å²) in [7, 11) is 0. The van der Waals surface area contributed by atoms with Crippen molar-refractivity contribution in [3.05, 3.63) is 59.1 Å². The van der Waals surface area contributed by atoms with Gasteiger partial charge in [0.05, 0.1) is 6.61 Å². The number of amides is 2. The van der Waals surface area contributed by atoms with Crippen molar-refractivity contribution in [1.29, 1.82) is 0 Å². The molecule has 138 valence electrons. The van der Waals surface area contributed by atoms with Gasteiger partial charge in [0, 0.05) is 10.6 Å². The Balaban J connectivity index is 1.77. The van der Waals surface area contributed by atoms with Crippen LogP contribution in [0.4, 0.5) is 0 Å². The van der Waals surface area contributed by atoms with Crippen molar-refractivity contribution in [2.45, 2.75) is 19.8 Å². The topological polar surface area (TPSA) is 76.7 Å². The van der Waals surface area contributed by atoms with Crippen molar-refractivity contribution in [3.8, 4) is 11.5 Å². The molecule has 7 heteroatoms. The van der Waals surface area contributed by atoms with Crippen LogP contribution in [0.2, 0.25) is 5.02 Å². The highest BCUT2D eigenvalue weighted by molar-refractivity contribution is 6.30. The maximum atomic E-state index is 12.1. The molecule has 0 unspecified atom stereocenters. The second kappa shape index (κ2) is 10.3. The average Bonchev–Trinajstić information content (AvgIpc) is 2.66. The van der Waals surface area contributed by atoms with E-state index in [4.69, 9.17) is 21.1 Å². The smallest absolute Gasteiger partial charge is 0.276 e. The van der Waals surface area contributed by atoms with Crippen molar-refractivity contribution in [3.63, 3.8) is 0 Å². The normalized spacial score (nSPS) is 10.1. The largest absolute Gasteiger partial charge is 0.494 e. The van der Waals surface area contributed by atoms with E-state index in [1.807, 2.05) is 0 Å². The zero-order valence-electron chi connectivity index (χ0n) is 14.5. The second-order valence-corrected chi connectivity index (χ2v) is 5.91. The number of unbranched alkanes of at least 4 members (excludes halogenated alkanes) is 1. The lowest BCUT2D eigenvalue weighted by Gasteiger charge is -2.10. The lowest BCUT2D eigenvalue weighted by atomic mass is 10.2. The van der Waals surface area contributed by atoms with Gasteiger partial charge in [-0.2, -0.15) is 0 Å². The molecule has 2 amide bonds. The summed E-state index contributed by atoms with van der Waals surface area (Å²) in [5.41, 5.74) is 5.03. The van der Waals surface area contributed by atoms with Crippen LogP contribution in [-0.2, 0) is 4.79 Å². The van der Waals surface area contributed by atoms with E-state index in [-0.39, 0.29) is 6.61 Å². The first-order valence-corrected chi connectivity index (χ1v) is 8.66. The lowest BCUT2D eigenvalue weighted by Crippen LogP contribution is -2.43. The van der Waals surface area contributed by atoms with Crippen LogP contribution in [-0.4, -0.2) is 25.0 Å². The molecule has 2 aromatic rings. The monoisotopic (exact) mass is 376 g/mol. The van der Waals surface area contributed by atoms with Gasteiger partial charge in [0.2, 0.25) is 0 Å². The molecule has 0 aliphatic rings. The van der Waals surface area contributed by atoms with Crippen LogP contribution >= 0.6 is 11.6 Å². The van der Waals surface area contributed by atoms with Gasteiger partial charge < -0.3 is 9.47 Å². The molecular weight excluding hydrogens is 356 g/mol. The average molecular weight is 377 g/mol. The molecule has 0 atom stereocenters. The molecule has 0 aliphatic carbocycles. The summed E-state index contributed by atoms with van der Waals surface area (Å²) in [6, 6.07) is 13.4. The highest BCUT2D eigenvalue weighted by Gasteiger charge is 2.09. The third kappa shape index (κ3) is 6.64. The van der Waals surface area contributed by atoms with E-state index in [0.29, 0.717) is 28.7 Å². The van der Waals surface area contributed by atoms with E-state index in [0.717, 1.165) is 12.8 Å². The van der Waals surface area contributed by atoms with Gasteiger partial charge in [-0.05, 0) is 48.9 Å². The number of halogens is 1. The van der Waals surface area contributed by atoms with E-state index in [2.05, 4.69) is 17.8 Å². The van der Waals surface area contributed by atoms with Gasteiger partial charge in [0.1, 0.15) is 11.5 Å². The summed E-state index contributed by atoms with van der Waals surface area (Å²) in [4.78, 5) is 23.9. The minimum Gasteiger partial charge on any atom is -0.494 e. The maximum Gasteiger partial charge on any atom is 0.276 e. The Morgan fingerprint density at radius 1 is 1.00 bits per heavy atom. The van der Waals surface area contributed by atoms with E-state index >= 15 is 0 Å². The molecule has 0 aromatic heterocycles. The zero-order chi connectivity index (χ0) is 18.8. The van der Waals surface area contributed by atoms with Gasteiger partial charge in [-0.15, -0.1) is 0 Å². The summed E-state index contributed by atoms with van der Waals surface area (Å²) in [5.74, 6) is 0.200. The molecule has 26 heavy (non-hydrogen) atoms. The summed E-state index contributed by atoms with van der Waals surface area (Å²) in [6.45, 7) is 2.44. The minimum absolute atomic E-state index is 0.234. The highest BCUT2D eigenvalue weighted by atomic mass is 35.5. The first kappa shape index (κ1) is 19.6. The molecule has 0 bridgehead atoms. The summed E-state index contributed by atoms with van der Waals surface area (Å²) >= 11 is 5.77. The summed E-state index contributed by atoms with van der Waals surface area (Å²) in [5, 5.41) is 0.579. The number of benzene rings is 2. The molecule has 0 fully saturated rings. The fraction of sp³-hybridized carbons (Fsp3) is 0.263. The molecule has 0 radical (unpaired) electrons. The molecule has 0 saturated heterocycles. The molecular formula is C19H21ClN2O4. The molecule has 0 heterocycles. The van der Waals surface area contributed by atoms with Crippen LogP contribution in [0.15, 0.2) is 48.5 Å². The quantitative estimate of drug-likeness (QED) is 0.547. The number of hydrogen-bond donors (Lipinski definition) is 2. The number of ether oxygens (including phenoxy) is 2. The van der Waals surface area contributed by atoms with Crippen LogP contribution in [0.25, 0.3) is 0 Å². The van der Waals surface area contributed by atoms with Crippen LogP contribution in [0.5, 0.6) is 11.5 Å². The number of hydrazine groups is 1. The van der Waals surface area contributed by atoms with Crippen LogP contribution in [0.1, 0.15) is 30.1 Å². The van der Waals surface area contributed by atoms with Crippen molar-refractivity contribution >= 4 is 23.4 Å². The molecule has 0 spiro atoms. The fourth-order valence-corrected chi connectivity index (χ4v) is 2.10. The molecule has 0 aliphatic heterocycles. The minimum atomic E-state index is -0.483. The van der Waals surface area contributed by atoms with E-state index < -0.39 is 11.8 Å². The van der Waals surface area contributed by atoms with Crippen LogP contribution < -0.4 is 20.3 Å². The first-order valence-electron chi connectivity index (χ1n) is 8.29. The van der Waals surface area contributed by atoms with Crippen molar-refractivity contribution in [2.24, 2.45) is 0 Å². The standard InChI is InChI=1S/C19H21ClN2O4/c1-2-3-11-25-17-6-4-5-14(12-17)19(24)22-21-18(23)13-26-16-9-7-15(20)8-10-16/h4-10,12H,2-3,11,13H2,1H3,(H,21,23)(H,22,24). The van der Waals surface area contributed by atoms with Crippen LogP contribution in [0, 0.1) is 0 Å². The number of nitrogens with one attached hydrogen (secondary N) is 2. The Morgan fingerprint density at radius 3 is 2.50 bits per heavy atom. The van der Waals surface area contributed by atoms with Gasteiger partial charge in [0.25, 0.3) is 11.8 Å². The second-order valence-electron chi connectivity index (χ2n) is 5.47. The Morgan fingerprint density at radius 2 is 1.77 bits per heavy atom. The number of carbonyl (C=O) groups is 2. The molecule has 0 saturated carbocycles. The van der Waals surface area contributed by atoms with Crippen LogP contribution in [0.3, 0.4) is 0 Å². The zero-order valence-corrected chi connectivity index (χ0v) is 15.2. The lowest BCUT2D eigenvalue weighted by molar-refractivity contribution is -0.123. The van der Waals surface area contributed by atoms with Gasteiger partial charge in [-0.3, -0.25) is 20.4 Å². The van der Waals surface area contributed by atoms with Gasteiger partial charge >= 0.3 is 0 Å². The van der Waals surface area contributed by atoms with Gasteiger partial charge in [-0.25, -0.2) is 0 Å². The summed E-state index contributed by atoms with van der Waals surface area (Å²) < 4.78 is 10.9. The van der Waals surface area contributed by atoms with Crippen molar-refractivity contribution in [1.82, 2.24) is 10.9 Å². The highest BCUT2D eigenvalue weighted by Crippen LogP contribution is 2.15. The SMILES string of the molecule is CCCCOc1cccc(C(=O)NNC(=O)COc2ccc(Cl)cc2)c1. The van der Waals surface area contributed by atoms with E-state index in [1.54, 1.807) is 48.5 Å². The maximum absolute atomic E-state index is 12.1. The number of rotatable bonds is 8. The molecule has 2 N–H and O–H groups in total. The Kier molecular flexibility index (Phi) is 7.76. The number of carbonyl (C=O) groups excluding carboxylic acids is 2. The van der Waals surface area contributed by atoms with Gasteiger partial charge in [-0.1, -0.05) is 31.0 Å². The van der Waals surface area contributed by atoms with Crippen molar-refractivity contribution in [2.75, 3.05) is 13.2 Å². The third-order valence-corrected chi connectivity index (χ3v) is 3.61. The molecule has 2 rings (SSSR count). The summed E-state index contributed by atoms with van der Waals surface area (Å²) in [6.07, 6.45) is 1.98. The first-order chi connectivity index (χ1) is 12.6. The predicted octanol–water partition coefficient (Wildman–Crippen LogP) is 3.36. The Hall–Kier alpha value is -2.73. The number of hydrogen-bond acceptors (Lipinski definition) is 4.